The summed E-state index contributed by atoms with van der Waals surface area (Å²) in [4.78, 5) is 2.02. The fourth-order valence-corrected chi connectivity index (χ4v) is 1.91. The van der Waals surface area contributed by atoms with E-state index in [1.54, 1.807) is 0 Å². The zero-order chi connectivity index (χ0) is 15.2. The second-order valence-corrected chi connectivity index (χ2v) is 5.35. The minimum absolute atomic E-state index is 0.0888. The van der Waals surface area contributed by atoms with Crippen molar-refractivity contribution in [2.75, 3.05) is 19.0 Å². The third-order valence-corrected chi connectivity index (χ3v) is 3.20. The van der Waals surface area contributed by atoms with Crippen molar-refractivity contribution in [1.29, 1.82) is 0 Å². The van der Waals surface area contributed by atoms with Crippen LogP contribution in [-0.4, -0.2) is 26.3 Å². The molecule has 0 aromatic heterocycles. The summed E-state index contributed by atoms with van der Waals surface area (Å²) in [6.07, 6.45) is -4.02. The average Bonchev–Trinajstić information content (AvgIpc) is 2.35. The van der Waals surface area contributed by atoms with Crippen molar-refractivity contribution in [3.05, 3.63) is 29.8 Å². The minimum Gasteiger partial charge on any atom is -0.378 e. The summed E-state index contributed by atoms with van der Waals surface area (Å²) < 4.78 is 36.1. The molecule has 1 aromatic carbocycles. The summed E-state index contributed by atoms with van der Waals surface area (Å²) in [5.74, 6) is 0. The Bertz CT molecular complexity index is 385. The Labute approximate surface area is 119 Å². The maximum atomic E-state index is 12.0. The van der Waals surface area contributed by atoms with Crippen LogP contribution in [0.15, 0.2) is 24.3 Å². The summed E-state index contributed by atoms with van der Waals surface area (Å²) in [7, 11) is 3.96. The zero-order valence-electron chi connectivity index (χ0n) is 12.3. The van der Waals surface area contributed by atoms with Crippen molar-refractivity contribution >= 4 is 5.69 Å². The van der Waals surface area contributed by atoms with E-state index < -0.39 is 12.6 Å². The van der Waals surface area contributed by atoms with Crippen LogP contribution >= 0.6 is 0 Å². The first-order chi connectivity index (χ1) is 9.28. The number of benzene rings is 1. The van der Waals surface area contributed by atoms with Crippen LogP contribution in [0.5, 0.6) is 0 Å². The van der Waals surface area contributed by atoms with E-state index in [-0.39, 0.29) is 12.5 Å². The highest BCUT2D eigenvalue weighted by Gasteiger charge is 2.26. The molecule has 1 aromatic rings. The Hall–Kier alpha value is -1.23. The molecule has 0 amide bonds. The highest BCUT2D eigenvalue weighted by atomic mass is 19.4. The van der Waals surface area contributed by atoms with Crippen molar-refractivity contribution in [1.82, 2.24) is 5.32 Å². The molecule has 0 bridgehead atoms. The zero-order valence-corrected chi connectivity index (χ0v) is 12.3. The quantitative estimate of drug-likeness (QED) is 0.817. The predicted octanol–water partition coefficient (Wildman–Crippen LogP) is 3.96. The van der Waals surface area contributed by atoms with Gasteiger partial charge >= 0.3 is 6.18 Å². The Morgan fingerprint density at radius 1 is 1.15 bits per heavy atom. The number of nitrogens with zero attached hydrogens (tertiary/aromatic N) is 1. The molecule has 0 aliphatic heterocycles. The van der Waals surface area contributed by atoms with Crippen LogP contribution in [0.25, 0.3) is 0 Å². The van der Waals surface area contributed by atoms with E-state index in [1.165, 1.54) is 0 Å². The number of anilines is 1. The van der Waals surface area contributed by atoms with Gasteiger partial charge in [0.05, 0.1) is 0 Å². The molecule has 0 radical (unpaired) electrons. The number of alkyl halides is 3. The Kier molecular flexibility index (Phi) is 6.33. The molecule has 1 N–H and O–H groups in total. The van der Waals surface area contributed by atoms with E-state index in [9.17, 15) is 13.2 Å². The first-order valence-corrected chi connectivity index (χ1v) is 6.84. The van der Waals surface area contributed by atoms with E-state index >= 15 is 0 Å². The van der Waals surface area contributed by atoms with E-state index in [0.717, 1.165) is 11.3 Å². The van der Waals surface area contributed by atoms with Crippen LogP contribution in [0, 0.1) is 0 Å². The van der Waals surface area contributed by atoms with Gasteiger partial charge in [-0.2, -0.15) is 13.2 Å². The second kappa shape index (κ2) is 7.53. The van der Waals surface area contributed by atoms with Crippen LogP contribution in [-0.2, 0) is 6.54 Å². The van der Waals surface area contributed by atoms with Gasteiger partial charge in [0.25, 0.3) is 0 Å². The minimum atomic E-state index is -4.04. The van der Waals surface area contributed by atoms with Crippen molar-refractivity contribution < 1.29 is 13.2 Å². The molecule has 0 saturated carbocycles. The Morgan fingerprint density at radius 3 is 2.25 bits per heavy atom. The van der Waals surface area contributed by atoms with Gasteiger partial charge in [0.2, 0.25) is 0 Å². The molecule has 20 heavy (non-hydrogen) atoms. The number of rotatable bonds is 7. The molecular weight excluding hydrogens is 265 g/mol. The normalized spacial score (nSPS) is 13.3. The second-order valence-electron chi connectivity index (χ2n) is 5.35. The summed E-state index contributed by atoms with van der Waals surface area (Å²) in [5, 5.41) is 3.25. The number of halogens is 3. The average molecular weight is 288 g/mol. The standard InChI is InChI=1S/C15H23F3N2/c1-12(5-4-10-15(16,17)18)19-11-13-6-8-14(9-7-13)20(2)3/h6-9,12,19H,4-5,10-11H2,1-3H3. The van der Waals surface area contributed by atoms with E-state index in [4.69, 9.17) is 0 Å². The van der Waals surface area contributed by atoms with Gasteiger partial charge < -0.3 is 10.2 Å². The van der Waals surface area contributed by atoms with Crippen molar-refractivity contribution in [2.45, 2.75) is 44.9 Å². The van der Waals surface area contributed by atoms with E-state index in [0.29, 0.717) is 13.0 Å². The largest absolute Gasteiger partial charge is 0.389 e. The topological polar surface area (TPSA) is 15.3 Å². The molecule has 0 aliphatic carbocycles. The van der Waals surface area contributed by atoms with Crippen LogP contribution in [0.4, 0.5) is 18.9 Å². The molecule has 114 valence electrons. The lowest BCUT2D eigenvalue weighted by Crippen LogP contribution is -2.25. The highest BCUT2D eigenvalue weighted by Crippen LogP contribution is 2.22. The fraction of sp³-hybridized carbons (Fsp3) is 0.600. The molecule has 0 fully saturated rings. The van der Waals surface area contributed by atoms with Crippen LogP contribution in [0.3, 0.4) is 0 Å². The van der Waals surface area contributed by atoms with E-state index in [1.807, 2.05) is 50.2 Å². The molecule has 0 saturated heterocycles. The Balaban J connectivity index is 2.28. The first kappa shape index (κ1) is 16.8. The predicted molar refractivity (Wildman–Crippen MR) is 77.0 cm³/mol. The molecule has 1 unspecified atom stereocenters. The Morgan fingerprint density at radius 2 is 1.75 bits per heavy atom. The number of hydrogen-bond acceptors (Lipinski definition) is 2. The molecule has 5 heteroatoms. The van der Waals surface area contributed by atoms with Gasteiger partial charge in [0.15, 0.2) is 0 Å². The maximum absolute atomic E-state index is 12.0. The lowest BCUT2D eigenvalue weighted by molar-refractivity contribution is -0.135. The fourth-order valence-electron chi connectivity index (χ4n) is 1.91. The van der Waals surface area contributed by atoms with Crippen LogP contribution < -0.4 is 10.2 Å². The molecule has 0 spiro atoms. The van der Waals surface area contributed by atoms with Gasteiger partial charge in [-0.1, -0.05) is 12.1 Å². The van der Waals surface area contributed by atoms with Gasteiger partial charge in [0, 0.05) is 38.8 Å². The molecule has 2 nitrogen and oxygen atoms in total. The monoisotopic (exact) mass is 288 g/mol. The van der Waals surface area contributed by atoms with Gasteiger partial charge in [-0.15, -0.1) is 0 Å². The first-order valence-electron chi connectivity index (χ1n) is 6.84. The van der Waals surface area contributed by atoms with Crippen molar-refractivity contribution in [3.8, 4) is 0 Å². The third kappa shape index (κ3) is 6.80. The number of hydrogen-bond donors (Lipinski definition) is 1. The van der Waals surface area contributed by atoms with Gasteiger partial charge in [0.1, 0.15) is 0 Å². The molecule has 0 heterocycles. The van der Waals surface area contributed by atoms with Crippen LogP contribution in [0.1, 0.15) is 31.7 Å². The third-order valence-electron chi connectivity index (χ3n) is 3.20. The lowest BCUT2D eigenvalue weighted by atomic mass is 10.1. The van der Waals surface area contributed by atoms with Crippen molar-refractivity contribution in [3.63, 3.8) is 0 Å². The van der Waals surface area contributed by atoms with Crippen molar-refractivity contribution in [2.24, 2.45) is 0 Å². The molecule has 1 rings (SSSR count). The maximum Gasteiger partial charge on any atom is 0.389 e. The summed E-state index contributed by atoms with van der Waals surface area (Å²) in [6, 6.07) is 8.22. The molecular formula is C15H23F3N2. The van der Waals surface area contributed by atoms with Gasteiger partial charge in [-0.3, -0.25) is 0 Å². The molecule has 0 aliphatic rings. The highest BCUT2D eigenvalue weighted by molar-refractivity contribution is 5.45. The molecule has 1 atom stereocenters. The van der Waals surface area contributed by atoms with Gasteiger partial charge in [-0.05, 0) is 37.5 Å². The summed E-state index contributed by atoms with van der Waals surface area (Å²) >= 11 is 0. The summed E-state index contributed by atoms with van der Waals surface area (Å²) in [6.45, 7) is 2.60. The van der Waals surface area contributed by atoms with Crippen LogP contribution in [0.2, 0.25) is 0 Å². The SMILES string of the molecule is CC(CCCC(F)(F)F)NCc1ccc(N(C)C)cc1. The number of nitrogens with one attached hydrogen (secondary N) is 1. The van der Waals surface area contributed by atoms with E-state index in [2.05, 4.69) is 5.32 Å². The van der Waals surface area contributed by atoms with Gasteiger partial charge in [-0.25, -0.2) is 0 Å². The summed E-state index contributed by atoms with van der Waals surface area (Å²) in [5.41, 5.74) is 2.27. The smallest absolute Gasteiger partial charge is 0.378 e. The lowest BCUT2D eigenvalue weighted by Gasteiger charge is -2.16.